The van der Waals surface area contributed by atoms with Gasteiger partial charge in [-0.05, 0) is 90.4 Å². The van der Waals surface area contributed by atoms with E-state index in [0.29, 0.717) is 13.1 Å². The van der Waals surface area contributed by atoms with Crippen LogP contribution in [0.15, 0.2) is 88.8 Å². The highest BCUT2D eigenvalue weighted by molar-refractivity contribution is 14.1. The predicted octanol–water partition coefficient (Wildman–Crippen LogP) is 4.05. The van der Waals surface area contributed by atoms with Crippen molar-refractivity contribution >= 4 is 65.6 Å². The number of carbonyl (C=O) groups excluding carboxylic acids is 1. The molecular weight excluding hydrogens is 745 g/mol. The monoisotopic (exact) mass is 781 g/mol. The molecule has 0 unspecified atom stereocenters. The van der Waals surface area contributed by atoms with Crippen LogP contribution in [-0.4, -0.2) is 68.9 Å². The zero-order chi connectivity index (χ0) is 33.5. The van der Waals surface area contributed by atoms with Crippen LogP contribution < -0.4 is 10.5 Å². The molecule has 246 valence electrons. The molecule has 2 atom stereocenters. The maximum Gasteiger partial charge on any atom is 0.324 e. The first-order valence-corrected chi connectivity index (χ1v) is 18.4. The van der Waals surface area contributed by atoms with Crippen LogP contribution in [0.5, 0.6) is 0 Å². The number of rotatable bonds is 9. The number of aromatic amines is 1. The van der Waals surface area contributed by atoms with Gasteiger partial charge in [-0.1, -0.05) is 35.9 Å². The predicted molar refractivity (Wildman–Crippen MR) is 183 cm³/mol. The number of guanidine groups is 1. The van der Waals surface area contributed by atoms with Crippen LogP contribution in [0.2, 0.25) is 0 Å². The summed E-state index contributed by atoms with van der Waals surface area (Å²) in [6, 6.07) is 19.0. The van der Waals surface area contributed by atoms with E-state index in [1.54, 1.807) is 35.4 Å². The third-order valence-electron chi connectivity index (χ3n) is 7.44. The van der Waals surface area contributed by atoms with E-state index in [-0.39, 0.29) is 34.7 Å². The summed E-state index contributed by atoms with van der Waals surface area (Å²) >= 11 is 2.10. The Balaban J connectivity index is 0.000000369. The van der Waals surface area contributed by atoms with Gasteiger partial charge in [0.15, 0.2) is 5.96 Å². The molecule has 0 aliphatic carbocycles. The Morgan fingerprint density at radius 1 is 1.09 bits per heavy atom. The number of ether oxygens (including phenoxy) is 1. The third-order valence-corrected chi connectivity index (χ3v) is 10.5. The fourth-order valence-corrected chi connectivity index (χ4v) is 7.02. The minimum Gasteiger partial charge on any atom is -0.464 e. The van der Waals surface area contributed by atoms with Crippen LogP contribution in [0.25, 0.3) is 10.9 Å². The van der Waals surface area contributed by atoms with Crippen molar-refractivity contribution in [2.75, 3.05) is 19.7 Å². The quantitative estimate of drug-likeness (QED) is 0.0548. The number of nitrogens with zero attached hydrogens (tertiary/aromatic N) is 1. The van der Waals surface area contributed by atoms with Crippen LogP contribution >= 0.6 is 22.6 Å². The Morgan fingerprint density at radius 3 is 2.39 bits per heavy atom. The maximum absolute atomic E-state index is 13.2. The summed E-state index contributed by atoms with van der Waals surface area (Å²) in [5.74, 6) is -0.606. The number of sulfonamides is 1. The first kappa shape index (κ1) is 35.3. The number of benzene rings is 3. The number of carbonyl (C=O) groups is 1. The lowest BCUT2D eigenvalue weighted by Gasteiger charge is -2.32. The number of piperidine rings is 1. The van der Waals surface area contributed by atoms with Crippen LogP contribution in [0.4, 0.5) is 0 Å². The number of nitrogens with one attached hydrogen (secondary N) is 3. The molecule has 5 rings (SSSR count). The molecule has 1 aliphatic rings. The van der Waals surface area contributed by atoms with E-state index >= 15 is 0 Å². The zero-order valence-corrected chi connectivity index (χ0v) is 28.8. The highest BCUT2D eigenvalue weighted by atomic mass is 127. The van der Waals surface area contributed by atoms with Crippen molar-refractivity contribution in [3.63, 3.8) is 0 Å². The van der Waals surface area contributed by atoms with E-state index in [4.69, 9.17) is 20.4 Å². The number of esters is 1. The van der Waals surface area contributed by atoms with Crippen LogP contribution in [0, 0.1) is 21.8 Å². The molecule has 4 aromatic rings. The molecule has 15 heteroatoms. The molecule has 1 fully saturated rings. The van der Waals surface area contributed by atoms with Gasteiger partial charge in [0, 0.05) is 46.1 Å². The first-order valence-electron chi connectivity index (χ1n) is 14.4. The topological polar surface area (TPSA) is 196 Å². The lowest BCUT2D eigenvalue weighted by atomic mass is 9.99. The SMILES string of the molecule is Cc1ccc(S(=O)(=O)O)cc1.N=C(N)N1CCC[C@@H](COC(=O)[C@@H](Cc2c[nH]c3ccccc23)NS(=O)(=O)c2ccc(I)cc2)C1. The number of fused-ring (bicyclic) bond motifs is 1. The Bertz CT molecular complexity index is 1880. The van der Waals surface area contributed by atoms with E-state index in [1.807, 2.05) is 31.2 Å². The highest BCUT2D eigenvalue weighted by Crippen LogP contribution is 2.22. The van der Waals surface area contributed by atoms with Gasteiger partial charge in [0.25, 0.3) is 10.1 Å². The maximum atomic E-state index is 13.2. The summed E-state index contributed by atoms with van der Waals surface area (Å²) in [4.78, 5) is 18.1. The number of hydrogen-bond donors (Lipinski definition) is 5. The Labute approximate surface area is 282 Å². The van der Waals surface area contributed by atoms with Crippen molar-refractivity contribution in [3.05, 3.63) is 93.7 Å². The number of halogens is 1. The average Bonchev–Trinajstić information content (AvgIpc) is 3.42. The molecule has 1 aromatic heterocycles. The van der Waals surface area contributed by atoms with Crippen molar-refractivity contribution in [1.29, 1.82) is 5.41 Å². The highest BCUT2D eigenvalue weighted by Gasteiger charge is 2.30. The van der Waals surface area contributed by atoms with Gasteiger partial charge in [-0.2, -0.15) is 13.1 Å². The number of para-hydroxylation sites is 1. The van der Waals surface area contributed by atoms with E-state index in [0.717, 1.165) is 38.4 Å². The second kappa shape index (κ2) is 15.4. The third kappa shape index (κ3) is 9.75. The lowest BCUT2D eigenvalue weighted by molar-refractivity contribution is -0.147. The number of likely N-dealkylation sites (tertiary alicyclic amines) is 1. The fourth-order valence-electron chi connectivity index (χ4n) is 4.99. The van der Waals surface area contributed by atoms with Crippen molar-refractivity contribution in [2.45, 2.75) is 42.0 Å². The Kier molecular flexibility index (Phi) is 11.8. The minimum atomic E-state index is -4.02. The molecule has 1 aliphatic heterocycles. The zero-order valence-electron chi connectivity index (χ0n) is 25.0. The summed E-state index contributed by atoms with van der Waals surface area (Å²) < 4.78 is 64.8. The van der Waals surface area contributed by atoms with Gasteiger partial charge < -0.3 is 20.4 Å². The molecule has 2 heterocycles. The molecule has 6 N–H and O–H groups in total. The van der Waals surface area contributed by atoms with Gasteiger partial charge in [-0.25, -0.2) is 8.42 Å². The Hall–Kier alpha value is -3.51. The Morgan fingerprint density at radius 2 is 1.74 bits per heavy atom. The summed E-state index contributed by atoms with van der Waals surface area (Å²) in [6.07, 6.45) is 3.62. The number of nitrogens with two attached hydrogens (primary N) is 1. The van der Waals surface area contributed by atoms with Crippen molar-refractivity contribution in [2.24, 2.45) is 11.7 Å². The number of H-pyrrole nitrogens is 1. The minimum absolute atomic E-state index is 0.00326. The van der Waals surface area contributed by atoms with E-state index in [9.17, 15) is 21.6 Å². The molecule has 1 saturated heterocycles. The lowest BCUT2D eigenvalue weighted by Crippen LogP contribution is -2.46. The largest absolute Gasteiger partial charge is 0.464 e. The van der Waals surface area contributed by atoms with Crippen molar-refractivity contribution < 1.29 is 30.9 Å². The van der Waals surface area contributed by atoms with Gasteiger partial charge in [-0.15, -0.1) is 0 Å². The molecule has 46 heavy (non-hydrogen) atoms. The molecule has 3 aromatic carbocycles. The standard InChI is InChI=1S/C24H28IN5O4S.C7H8O3S/c25-18-7-9-19(10-8-18)35(32,33)29-22(12-17-13-28-21-6-2-1-5-20(17)21)23(31)34-15-16-4-3-11-30(14-16)24(26)27;1-6-2-4-7(5-3-6)11(8,9)10/h1-2,5-10,13,16,22,28-29H,3-4,11-12,14-15H2,(H3,26,27);2-5H,1H3,(H,8,9,10)/t16-,22-;/m1./s1. The summed E-state index contributed by atoms with van der Waals surface area (Å²) in [7, 11) is -7.98. The number of aromatic nitrogens is 1. The molecule has 0 radical (unpaired) electrons. The van der Waals surface area contributed by atoms with Crippen LogP contribution in [-0.2, 0) is 36.1 Å². The van der Waals surface area contributed by atoms with Gasteiger partial charge in [-0.3, -0.25) is 14.8 Å². The number of aryl methyl sites for hydroxylation is 1. The molecule has 0 spiro atoms. The van der Waals surface area contributed by atoms with E-state index in [1.165, 1.54) is 24.3 Å². The first-order chi connectivity index (χ1) is 21.7. The molecular formula is C31H36IN5O7S2. The van der Waals surface area contributed by atoms with Gasteiger partial charge in [0.2, 0.25) is 10.0 Å². The van der Waals surface area contributed by atoms with E-state index < -0.39 is 32.2 Å². The van der Waals surface area contributed by atoms with E-state index in [2.05, 4.69) is 32.3 Å². The summed E-state index contributed by atoms with van der Waals surface area (Å²) in [5, 5.41) is 8.57. The smallest absolute Gasteiger partial charge is 0.324 e. The fraction of sp³-hybridized carbons (Fsp3) is 0.290. The summed E-state index contributed by atoms with van der Waals surface area (Å²) in [6.45, 7) is 3.22. The normalized spacial score (nSPS) is 15.9. The molecule has 0 amide bonds. The van der Waals surface area contributed by atoms with Gasteiger partial charge >= 0.3 is 5.97 Å². The second-order valence-electron chi connectivity index (χ2n) is 10.9. The summed E-state index contributed by atoms with van der Waals surface area (Å²) in [5.41, 5.74) is 8.28. The molecule has 0 saturated carbocycles. The van der Waals surface area contributed by atoms with Crippen molar-refractivity contribution in [1.82, 2.24) is 14.6 Å². The van der Waals surface area contributed by atoms with Crippen LogP contribution in [0.1, 0.15) is 24.0 Å². The van der Waals surface area contributed by atoms with Gasteiger partial charge in [0.05, 0.1) is 16.4 Å². The average molecular weight is 782 g/mol. The van der Waals surface area contributed by atoms with Crippen molar-refractivity contribution in [3.8, 4) is 0 Å². The molecule has 0 bridgehead atoms. The van der Waals surface area contributed by atoms with Gasteiger partial charge in [0.1, 0.15) is 6.04 Å². The second-order valence-corrected chi connectivity index (χ2v) is 15.3. The number of hydrogen-bond acceptors (Lipinski definition) is 7. The van der Waals surface area contributed by atoms with Crippen LogP contribution in [0.3, 0.4) is 0 Å². The molecule has 12 nitrogen and oxygen atoms in total.